The quantitative estimate of drug-likeness (QED) is 0.742. The van der Waals surface area contributed by atoms with Crippen molar-refractivity contribution in [3.63, 3.8) is 0 Å². The summed E-state index contributed by atoms with van der Waals surface area (Å²) in [6, 6.07) is 3.89. The second-order valence-electron chi connectivity index (χ2n) is 3.60. The Balaban J connectivity index is 2.64. The molecule has 0 aliphatic carbocycles. The Kier molecular flexibility index (Phi) is 2.49. The molecule has 2 heterocycles. The van der Waals surface area contributed by atoms with E-state index >= 15 is 0 Å². The fraction of sp³-hybridized carbons (Fsp3) is 0.273. The van der Waals surface area contributed by atoms with Crippen LogP contribution in [0, 0.1) is 20.8 Å². The third-order valence-corrected chi connectivity index (χ3v) is 2.74. The van der Waals surface area contributed by atoms with Crippen LogP contribution in [0.2, 0.25) is 5.02 Å². The van der Waals surface area contributed by atoms with Gasteiger partial charge in [-0.2, -0.15) is 5.10 Å². The van der Waals surface area contributed by atoms with Crippen LogP contribution in [0.4, 0.5) is 0 Å². The summed E-state index contributed by atoms with van der Waals surface area (Å²) in [5, 5.41) is 5.01. The van der Waals surface area contributed by atoms with Gasteiger partial charge in [0.2, 0.25) is 0 Å². The first-order valence-corrected chi connectivity index (χ1v) is 5.12. The Morgan fingerprint density at radius 2 is 2.00 bits per heavy atom. The van der Waals surface area contributed by atoms with Gasteiger partial charge in [-0.25, -0.2) is 9.67 Å². The van der Waals surface area contributed by atoms with E-state index in [0.717, 1.165) is 17.0 Å². The van der Waals surface area contributed by atoms with E-state index in [9.17, 15) is 0 Å². The van der Waals surface area contributed by atoms with Crippen LogP contribution in [0.1, 0.15) is 17.0 Å². The van der Waals surface area contributed by atoms with E-state index in [-0.39, 0.29) is 0 Å². The van der Waals surface area contributed by atoms with Crippen LogP contribution >= 0.6 is 11.6 Å². The standard InChI is InChI=1S/C11H12ClN3/c1-7-4-5-13-11(10(7)12)15-9(3)6-8(2)14-15/h4-6H,1-3H3. The lowest BCUT2D eigenvalue weighted by Crippen LogP contribution is -2.03. The summed E-state index contributed by atoms with van der Waals surface area (Å²) in [6.07, 6.45) is 1.74. The van der Waals surface area contributed by atoms with Gasteiger partial charge in [0.05, 0.1) is 10.7 Å². The Morgan fingerprint density at radius 3 is 2.60 bits per heavy atom. The van der Waals surface area contributed by atoms with Gasteiger partial charge in [-0.3, -0.25) is 0 Å². The monoisotopic (exact) mass is 221 g/mol. The van der Waals surface area contributed by atoms with Crippen molar-refractivity contribution in [2.45, 2.75) is 20.8 Å². The molecule has 0 saturated heterocycles. The number of hydrogen-bond donors (Lipinski definition) is 0. The molecule has 15 heavy (non-hydrogen) atoms. The predicted molar refractivity (Wildman–Crippen MR) is 60.6 cm³/mol. The average Bonchev–Trinajstić information content (AvgIpc) is 2.50. The third-order valence-electron chi connectivity index (χ3n) is 2.27. The van der Waals surface area contributed by atoms with Gasteiger partial charge in [0.15, 0.2) is 5.82 Å². The summed E-state index contributed by atoms with van der Waals surface area (Å²) in [5.74, 6) is 0.697. The fourth-order valence-electron chi connectivity index (χ4n) is 1.52. The number of aromatic nitrogens is 3. The number of aryl methyl sites for hydroxylation is 3. The van der Waals surface area contributed by atoms with Gasteiger partial charge in [0, 0.05) is 11.9 Å². The molecule has 0 aliphatic rings. The summed E-state index contributed by atoms with van der Waals surface area (Å²) < 4.78 is 1.77. The highest BCUT2D eigenvalue weighted by Crippen LogP contribution is 2.22. The number of pyridine rings is 1. The molecule has 3 nitrogen and oxygen atoms in total. The SMILES string of the molecule is Cc1cc(C)n(-c2nccc(C)c2Cl)n1. The molecule has 0 fully saturated rings. The van der Waals surface area contributed by atoms with Gasteiger partial charge in [-0.15, -0.1) is 0 Å². The summed E-state index contributed by atoms with van der Waals surface area (Å²) >= 11 is 6.19. The first kappa shape index (κ1) is 10.2. The van der Waals surface area contributed by atoms with Crippen LogP contribution in [-0.2, 0) is 0 Å². The summed E-state index contributed by atoms with van der Waals surface area (Å²) in [7, 11) is 0. The molecular weight excluding hydrogens is 210 g/mol. The van der Waals surface area contributed by atoms with Crippen LogP contribution in [0.3, 0.4) is 0 Å². The van der Waals surface area contributed by atoms with Gasteiger partial charge in [-0.05, 0) is 38.5 Å². The highest BCUT2D eigenvalue weighted by Gasteiger charge is 2.10. The fourth-order valence-corrected chi connectivity index (χ4v) is 1.71. The number of halogens is 1. The maximum atomic E-state index is 6.19. The first-order chi connectivity index (χ1) is 7.09. The van der Waals surface area contributed by atoms with Crippen molar-refractivity contribution in [3.8, 4) is 5.82 Å². The zero-order valence-corrected chi connectivity index (χ0v) is 9.71. The van der Waals surface area contributed by atoms with Crippen LogP contribution in [-0.4, -0.2) is 14.8 Å². The Morgan fingerprint density at radius 1 is 1.27 bits per heavy atom. The lowest BCUT2D eigenvalue weighted by molar-refractivity contribution is 0.805. The number of hydrogen-bond acceptors (Lipinski definition) is 2. The minimum atomic E-state index is 0.656. The summed E-state index contributed by atoms with van der Waals surface area (Å²) in [5.41, 5.74) is 3.01. The van der Waals surface area contributed by atoms with E-state index in [4.69, 9.17) is 11.6 Å². The van der Waals surface area contributed by atoms with Gasteiger partial charge in [0.1, 0.15) is 0 Å². The van der Waals surface area contributed by atoms with Gasteiger partial charge in [-0.1, -0.05) is 11.6 Å². The van der Waals surface area contributed by atoms with Crippen molar-refractivity contribution in [1.82, 2.24) is 14.8 Å². The van der Waals surface area contributed by atoms with E-state index < -0.39 is 0 Å². The molecule has 2 rings (SSSR count). The molecule has 0 atom stereocenters. The van der Waals surface area contributed by atoms with Gasteiger partial charge < -0.3 is 0 Å². The number of nitrogens with zero attached hydrogens (tertiary/aromatic N) is 3. The van der Waals surface area contributed by atoms with Crippen molar-refractivity contribution >= 4 is 11.6 Å². The van der Waals surface area contributed by atoms with E-state index in [2.05, 4.69) is 10.1 Å². The summed E-state index contributed by atoms with van der Waals surface area (Å²) in [4.78, 5) is 4.25. The first-order valence-electron chi connectivity index (χ1n) is 4.74. The molecule has 0 N–H and O–H groups in total. The van der Waals surface area contributed by atoms with Gasteiger partial charge in [0.25, 0.3) is 0 Å². The molecule has 78 valence electrons. The van der Waals surface area contributed by atoms with E-state index in [1.54, 1.807) is 10.9 Å². The van der Waals surface area contributed by atoms with E-state index in [0.29, 0.717) is 10.8 Å². The normalized spacial score (nSPS) is 10.7. The van der Waals surface area contributed by atoms with Crippen LogP contribution in [0.5, 0.6) is 0 Å². The molecule has 0 unspecified atom stereocenters. The molecule has 2 aromatic rings. The molecule has 0 aromatic carbocycles. The van der Waals surface area contributed by atoms with Crippen molar-refractivity contribution in [3.05, 3.63) is 40.3 Å². The molecule has 0 aliphatic heterocycles. The van der Waals surface area contributed by atoms with Crippen molar-refractivity contribution in [2.24, 2.45) is 0 Å². The lowest BCUT2D eigenvalue weighted by atomic mass is 10.3. The Hall–Kier alpha value is -1.35. The third kappa shape index (κ3) is 1.75. The highest BCUT2D eigenvalue weighted by molar-refractivity contribution is 6.32. The second-order valence-corrected chi connectivity index (χ2v) is 3.98. The molecule has 0 spiro atoms. The molecule has 0 bridgehead atoms. The molecule has 4 heteroatoms. The molecule has 0 radical (unpaired) electrons. The van der Waals surface area contributed by atoms with Crippen molar-refractivity contribution in [1.29, 1.82) is 0 Å². The van der Waals surface area contributed by atoms with Crippen LogP contribution in [0.15, 0.2) is 18.3 Å². The zero-order chi connectivity index (χ0) is 11.0. The zero-order valence-electron chi connectivity index (χ0n) is 8.95. The smallest absolute Gasteiger partial charge is 0.172 e. The number of rotatable bonds is 1. The Labute approximate surface area is 93.7 Å². The maximum absolute atomic E-state index is 6.19. The summed E-state index contributed by atoms with van der Waals surface area (Å²) in [6.45, 7) is 5.90. The predicted octanol–water partition coefficient (Wildman–Crippen LogP) is 2.85. The van der Waals surface area contributed by atoms with Crippen LogP contribution in [0.25, 0.3) is 5.82 Å². The lowest BCUT2D eigenvalue weighted by Gasteiger charge is -2.06. The molecule has 2 aromatic heterocycles. The minimum Gasteiger partial charge on any atom is -0.236 e. The van der Waals surface area contributed by atoms with Crippen LogP contribution < -0.4 is 0 Å². The highest BCUT2D eigenvalue weighted by atomic mass is 35.5. The van der Waals surface area contributed by atoms with E-state index in [1.165, 1.54) is 0 Å². The van der Waals surface area contributed by atoms with E-state index in [1.807, 2.05) is 32.9 Å². The van der Waals surface area contributed by atoms with Crippen molar-refractivity contribution in [2.75, 3.05) is 0 Å². The largest absolute Gasteiger partial charge is 0.236 e. The second kappa shape index (κ2) is 3.66. The minimum absolute atomic E-state index is 0.656. The molecule has 0 amide bonds. The average molecular weight is 222 g/mol. The molecule has 0 saturated carbocycles. The van der Waals surface area contributed by atoms with Crippen molar-refractivity contribution < 1.29 is 0 Å². The molecular formula is C11H12ClN3. The van der Waals surface area contributed by atoms with Gasteiger partial charge >= 0.3 is 0 Å². The maximum Gasteiger partial charge on any atom is 0.172 e. The Bertz CT molecular complexity index is 503. The topological polar surface area (TPSA) is 30.7 Å².